The summed E-state index contributed by atoms with van der Waals surface area (Å²) >= 11 is 0. The number of nitrogens with zero attached hydrogens (tertiary/aromatic N) is 2. The van der Waals surface area contributed by atoms with Crippen LogP contribution in [0.4, 0.5) is 0 Å². The van der Waals surface area contributed by atoms with Gasteiger partial charge in [0.05, 0.1) is 5.56 Å². The van der Waals surface area contributed by atoms with E-state index in [1.807, 2.05) is 12.1 Å². The van der Waals surface area contributed by atoms with Gasteiger partial charge >= 0.3 is 5.97 Å². The van der Waals surface area contributed by atoms with Crippen LogP contribution in [0.25, 0.3) is 0 Å². The molecule has 1 atom stereocenters. The third-order valence-electron chi connectivity index (χ3n) is 4.16. The molecule has 1 unspecified atom stereocenters. The molecule has 4 heteroatoms. The van der Waals surface area contributed by atoms with E-state index in [0.29, 0.717) is 11.6 Å². The fraction of sp³-hybridized carbons (Fsp3) is 0.562. The predicted octanol–water partition coefficient (Wildman–Crippen LogP) is 2.30. The van der Waals surface area contributed by atoms with Gasteiger partial charge in [-0.15, -0.1) is 0 Å². The SMILES string of the molecule is CCN(CC)C1CCN(Cc2cccc(C(=O)O)c2)C1. The van der Waals surface area contributed by atoms with E-state index in [1.54, 1.807) is 12.1 Å². The summed E-state index contributed by atoms with van der Waals surface area (Å²) in [5, 5.41) is 9.03. The molecule has 1 aliphatic rings. The quantitative estimate of drug-likeness (QED) is 0.866. The molecule has 1 aromatic carbocycles. The summed E-state index contributed by atoms with van der Waals surface area (Å²) in [4.78, 5) is 15.9. The van der Waals surface area contributed by atoms with Gasteiger partial charge in [0.25, 0.3) is 0 Å². The molecule has 110 valence electrons. The molecule has 0 saturated carbocycles. The zero-order chi connectivity index (χ0) is 14.5. The van der Waals surface area contributed by atoms with E-state index in [1.165, 1.54) is 6.42 Å². The lowest BCUT2D eigenvalue weighted by Crippen LogP contribution is -2.37. The van der Waals surface area contributed by atoms with E-state index in [4.69, 9.17) is 5.11 Å². The van der Waals surface area contributed by atoms with Gasteiger partial charge in [-0.3, -0.25) is 9.80 Å². The molecule has 20 heavy (non-hydrogen) atoms. The molecule has 0 aromatic heterocycles. The van der Waals surface area contributed by atoms with Gasteiger partial charge in [0, 0.05) is 25.7 Å². The van der Waals surface area contributed by atoms with E-state index in [-0.39, 0.29) is 0 Å². The van der Waals surface area contributed by atoms with Crippen molar-refractivity contribution in [2.24, 2.45) is 0 Å². The first-order valence-electron chi connectivity index (χ1n) is 7.42. The van der Waals surface area contributed by atoms with Gasteiger partial charge in [0.1, 0.15) is 0 Å². The lowest BCUT2D eigenvalue weighted by molar-refractivity contribution is 0.0696. The Bertz CT molecular complexity index is 458. The minimum atomic E-state index is -0.853. The first-order chi connectivity index (χ1) is 9.63. The predicted molar refractivity (Wildman–Crippen MR) is 80.0 cm³/mol. The Kier molecular flexibility index (Phi) is 5.15. The van der Waals surface area contributed by atoms with E-state index in [2.05, 4.69) is 23.6 Å². The summed E-state index contributed by atoms with van der Waals surface area (Å²) in [5.41, 5.74) is 1.46. The first kappa shape index (κ1) is 15.0. The Morgan fingerprint density at radius 2 is 2.15 bits per heavy atom. The molecule has 1 heterocycles. The normalized spacial score (nSPS) is 19.6. The van der Waals surface area contributed by atoms with Crippen LogP contribution >= 0.6 is 0 Å². The second kappa shape index (κ2) is 6.86. The molecule has 0 spiro atoms. The number of carboxylic acid groups (broad SMARTS) is 1. The summed E-state index contributed by atoms with van der Waals surface area (Å²) in [6, 6.07) is 7.92. The van der Waals surface area contributed by atoms with Crippen molar-refractivity contribution in [1.29, 1.82) is 0 Å². The number of likely N-dealkylation sites (N-methyl/N-ethyl adjacent to an activating group) is 1. The van der Waals surface area contributed by atoms with Crippen LogP contribution in [0.1, 0.15) is 36.2 Å². The van der Waals surface area contributed by atoms with Crippen molar-refractivity contribution in [2.45, 2.75) is 32.9 Å². The highest BCUT2D eigenvalue weighted by Crippen LogP contribution is 2.18. The molecular formula is C16H24N2O2. The van der Waals surface area contributed by atoms with Gasteiger partial charge in [-0.25, -0.2) is 4.79 Å². The molecule has 0 amide bonds. The van der Waals surface area contributed by atoms with Crippen LogP contribution in [-0.4, -0.2) is 53.1 Å². The first-order valence-corrected chi connectivity index (χ1v) is 7.42. The maximum Gasteiger partial charge on any atom is 0.335 e. The molecule has 0 bridgehead atoms. The number of likely N-dealkylation sites (tertiary alicyclic amines) is 1. The van der Waals surface area contributed by atoms with Crippen LogP contribution in [0.15, 0.2) is 24.3 Å². The fourth-order valence-corrected chi connectivity index (χ4v) is 3.05. The summed E-state index contributed by atoms with van der Waals surface area (Å²) in [7, 11) is 0. The lowest BCUT2D eigenvalue weighted by Gasteiger charge is -2.26. The number of aromatic carboxylic acids is 1. The summed E-state index contributed by atoms with van der Waals surface area (Å²) in [6.07, 6.45) is 1.21. The molecule has 0 radical (unpaired) electrons. The van der Waals surface area contributed by atoms with Gasteiger partial charge in [0.15, 0.2) is 0 Å². The molecular weight excluding hydrogens is 252 g/mol. The van der Waals surface area contributed by atoms with Crippen LogP contribution in [0, 0.1) is 0 Å². The Hall–Kier alpha value is -1.39. The maximum absolute atomic E-state index is 11.0. The zero-order valence-corrected chi connectivity index (χ0v) is 12.4. The Balaban J connectivity index is 1.95. The lowest BCUT2D eigenvalue weighted by atomic mass is 10.1. The molecule has 1 saturated heterocycles. The molecule has 1 N–H and O–H groups in total. The van der Waals surface area contributed by atoms with Gasteiger partial charge < -0.3 is 5.11 Å². The zero-order valence-electron chi connectivity index (χ0n) is 12.4. The number of benzene rings is 1. The monoisotopic (exact) mass is 276 g/mol. The van der Waals surface area contributed by atoms with Crippen molar-refractivity contribution >= 4 is 5.97 Å². The number of carboxylic acids is 1. The molecule has 1 fully saturated rings. The molecule has 1 aromatic rings. The summed E-state index contributed by atoms with van der Waals surface area (Å²) in [5.74, 6) is -0.853. The Morgan fingerprint density at radius 3 is 2.80 bits per heavy atom. The van der Waals surface area contributed by atoms with Crippen LogP contribution in [-0.2, 0) is 6.54 Å². The van der Waals surface area contributed by atoms with Crippen LogP contribution < -0.4 is 0 Å². The van der Waals surface area contributed by atoms with Crippen molar-refractivity contribution in [3.05, 3.63) is 35.4 Å². The van der Waals surface area contributed by atoms with E-state index >= 15 is 0 Å². The second-order valence-electron chi connectivity index (χ2n) is 5.40. The number of hydrogen-bond donors (Lipinski definition) is 1. The number of carbonyl (C=O) groups is 1. The van der Waals surface area contributed by atoms with Gasteiger partial charge in [0.2, 0.25) is 0 Å². The summed E-state index contributed by atoms with van der Waals surface area (Å²) < 4.78 is 0. The standard InChI is InChI=1S/C16H24N2O2/c1-3-18(4-2)15-8-9-17(12-15)11-13-6-5-7-14(10-13)16(19)20/h5-7,10,15H,3-4,8-9,11-12H2,1-2H3,(H,19,20). The molecule has 1 aliphatic heterocycles. The van der Waals surface area contributed by atoms with E-state index in [0.717, 1.165) is 38.3 Å². The minimum Gasteiger partial charge on any atom is -0.478 e. The fourth-order valence-electron chi connectivity index (χ4n) is 3.05. The Labute approximate surface area is 121 Å². The molecule has 0 aliphatic carbocycles. The van der Waals surface area contributed by atoms with Gasteiger partial charge in [-0.1, -0.05) is 26.0 Å². The highest BCUT2D eigenvalue weighted by atomic mass is 16.4. The third kappa shape index (κ3) is 3.58. The molecule has 2 rings (SSSR count). The maximum atomic E-state index is 11.0. The van der Waals surface area contributed by atoms with Crippen molar-refractivity contribution in [2.75, 3.05) is 26.2 Å². The average Bonchev–Trinajstić information content (AvgIpc) is 2.89. The van der Waals surface area contributed by atoms with E-state index < -0.39 is 5.97 Å². The molecule has 4 nitrogen and oxygen atoms in total. The van der Waals surface area contributed by atoms with E-state index in [9.17, 15) is 4.79 Å². The van der Waals surface area contributed by atoms with Crippen LogP contribution in [0.2, 0.25) is 0 Å². The van der Waals surface area contributed by atoms with Crippen molar-refractivity contribution < 1.29 is 9.90 Å². The van der Waals surface area contributed by atoms with Crippen LogP contribution in [0.3, 0.4) is 0 Å². The van der Waals surface area contributed by atoms with Crippen molar-refractivity contribution in [3.63, 3.8) is 0 Å². The second-order valence-corrected chi connectivity index (χ2v) is 5.40. The van der Waals surface area contributed by atoms with Gasteiger partial charge in [-0.05, 0) is 37.2 Å². The third-order valence-corrected chi connectivity index (χ3v) is 4.16. The smallest absolute Gasteiger partial charge is 0.335 e. The highest BCUT2D eigenvalue weighted by molar-refractivity contribution is 5.87. The minimum absolute atomic E-state index is 0.377. The number of hydrogen-bond acceptors (Lipinski definition) is 3. The highest BCUT2D eigenvalue weighted by Gasteiger charge is 2.25. The number of rotatable bonds is 6. The van der Waals surface area contributed by atoms with Gasteiger partial charge in [-0.2, -0.15) is 0 Å². The summed E-state index contributed by atoms with van der Waals surface area (Å²) in [6.45, 7) is 9.65. The van der Waals surface area contributed by atoms with Crippen LogP contribution in [0.5, 0.6) is 0 Å². The van der Waals surface area contributed by atoms with Crippen molar-refractivity contribution in [3.8, 4) is 0 Å². The topological polar surface area (TPSA) is 43.8 Å². The largest absolute Gasteiger partial charge is 0.478 e. The average molecular weight is 276 g/mol. The Morgan fingerprint density at radius 1 is 1.40 bits per heavy atom. The van der Waals surface area contributed by atoms with Crippen molar-refractivity contribution in [1.82, 2.24) is 9.80 Å².